The third-order valence-electron chi connectivity index (χ3n) is 2.34. The van der Waals surface area contributed by atoms with Crippen LogP contribution in [-0.4, -0.2) is 23.8 Å². The summed E-state index contributed by atoms with van der Waals surface area (Å²) in [6.45, 7) is 3.50. The lowest BCUT2D eigenvalue weighted by atomic mass is 10.1. The van der Waals surface area contributed by atoms with E-state index in [-0.39, 0.29) is 17.2 Å². The van der Waals surface area contributed by atoms with E-state index in [4.69, 9.17) is 4.74 Å². The minimum Gasteiger partial charge on any atom is -0.478 e. The molecular weight excluding hydrogens is 298 g/mol. The average molecular weight is 309 g/mol. The molecule has 0 bridgehead atoms. The maximum atomic E-state index is 11.5. The van der Waals surface area contributed by atoms with Crippen molar-refractivity contribution in [3.63, 3.8) is 0 Å². The molecule has 0 aliphatic carbocycles. The lowest BCUT2D eigenvalue weighted by Crippen LogP contribution is -2.14. The summed E-state index contributed by atoms with van der Waals surface area (Å²) >= 11 is 2.59. The van der Waals surface area contributed by atoms with Crippen molar-refractivity contribution in [1.29, 1.82) is 0 Å². The topological polar surface area (TPSA) is 75.6 Å². The second-order valence-electron chi connectivity index (χ2n) is 3.65. The predicted octanol–water partition coefficient (Wildman–Crippen LogP) is 3.91. The minimum absolute atomic E-state index is 0.0669. The highest BCUT2D eigenvalue weighted by Gasteiger charge is 2.21. The maximum absolute atomic E-state index is 11.5. The Bertz CT molecular complexity index is 631. The Balaban J connectivity index is 2.28. The van der Waals surface area contributed by atoms with Crippen molar-refractivity contribution >= 4 is 39.7 Å². The largest absolute Gasteiger partial charge is 0.478 e. The first-order chi connectivity index (χ1) is 9.63. The van der Waals surface area contributed by atoms with Crippen LogP contribution in [0.2, 0.25) is 0 Å². The summed E-state index contributed by atoms with van der Waals surface area (Å²) in [7, 11) is 0. The molecule has 5 nitrogen and oxygen atoms in total. The number of rotatable bonds is 5. The van der Waals surface area contributed by atoms with Gasteiger partial charge < -0.3 is 9.84 Å². The van der Waals surface area contributed by atoms with Gasteiger partial charge >= 0.3 is 12.1 Å². The number of ether oxygens (including phenoxy) is 1. The lowest BCUT2D eigenvalue weighted by Gasteiger charge is -2.05. The van der Waals surface area contributed by atoms with Crippen LogP contribution < -0.4 is 5.32 Å². The van der Waals surface area contributed by atoms with Gasteiger partial charge in [-0.3, -0.25) is 5.32 Å². The number of hydrogen-bond donors (Lipinski definition) is 2. The second kappa shape index (κ2) is 6.36. The van der Waals surface area contributed by atoms with Crippen molar-refractivity contribution < 1.29 is 19.4 Å². The molecule has 7 heteroatoms. The van der Waals surface area contributed by atoms with E-state index in [1.807, 2.05) is 17.5 Å². The standard InChI is InChI=1S/C13H11NO4S2/c1-2-5-18-13(17)14-11-10(12(15)16)8(7-20-11)9-4-3-6-19-9/h2-4,6-7H,1,5H2,(H,14,17)(H,15,16). The Morgan fingerprint density at radius 1 is 1.45 bits per heavy atom. The Morgan fingerprint density at radius 2 is 2.25 bits per heavy atom. The van der Waals surface area contributed by atoms with Crippen LogP contribution in [0, 0.1) is 0 Å². The first-order valence-corrected chi connectivity index (χ1v) is 7.32. The van der Waals surface area contributed by atoms with Crippen LogP contribution in [-0.2, 0) is 4.74 Å². The SMILES string of the molecule is C=CCOC(=O)Nc1scc(-c2cccs2)c1C(=O)O. The number of hydrogen-bond acceptors (Lipinski definition) is 5. The zero-order chi connectivity index (χ0) is 14.5. The average Bonchev–Trinajstić information content (AvgIpc) is 3.04. The first kappa shape index (κ1) is 14.3. The minimum atomic E-state index is -1.09. The Labute approximate surface area is 123 Å². The molecule has 20 heavy (non-hydrogen) atoms. The summed E-state index contributed by atoms with van der Waals surface area (Å²) in [5.74, 6) is -1.09. The highest BCUT2D eigenvalue weighted by Crippen LogP contribution is 2.37. The van der Waals surface area contributed by atoms with Gasteiger partial charge in [0.15, 0.2) is 0 Å². The molecule has 0 saturated carbocycles. The molecule has 0 fully saturated rings. The number of carboxylic acid groups (broad SMARTS) is 1. The van der Waals surface area contributed by atoms with E-state index < -0.39 is 12.1 Å². The molecule has 2 aromatic heterocycles. The molecule has 0 atom stereocenters. The quantitative estimate of drug-likeness (QED) is 0.821. The van der Waals surface area contributed by atoms with Crippen molar-refractivity contribution in [2.45, 2.75) is 0 Å². The van der Waals surface area contributed by atoms with E-state index in [2.05, 4.69) is 11.9 Å². The molecule has 0 saturated heterocycles. The van der Waals surface area contributed by atoms with Crippen LogP contribution in [0.25, 0.3) is 10.4 Å². The van der Waals surface area contributed by atoms with Crippen LogP contribution in [0.3, 0.4) is 0 Å². The fourth-order valence-corrected chi connectivity index (χ4v) is 3.30. The third kappa shape index (κ3) is 3.06. The molecule has 0 aliphatic rings. The lowest BCUT2D eigenvalue weighted by molar-refractivity contribution is 0.0699. The van der Waals surface area contributed by atoms with Crippen molar-refractivity contribution in [1.82, 2.24) is 0 Å². The van der Waals surface area contributed by atoms with Gasteiger partial charge in [0.25, 0.3) is 0 Å². The maximum Gasteiger partial charge on any atom is 0.412 e. The second-order valence-corrected chi connectivity index (χ2v) is 5.48. The van der Waals surface area contributed by atoms with E-state index >= 15 is 0 Å². The predicted molar refractivity (Wildman–Crippen MR) is 79.8 cm³/mol. The number of thiophene rings is 2. The van der Waals surface area contributed by atoms with E-state index in [1.165, 1.54) is 17.4 Å². The van der Waals surface area contributed by atoms with Crippen molar-refractivity contribution in [2.75, 3.05) is 11.9 Å². The molecule has 0 aromatic carbocycles. The van der Waals surface area contributed by atoms with Crippen LogP contribution in [0.1, 0.15) is 10.4 Å². The molecule has 0 aliphatic heterocycles. The van der Waals surface area contributed by atoms with Gasteiger partial charge in [0.05, 0.1) is 0 Å². The Kier molecular flexibility index (Phi) is 4.54. The molecule has 2 rings (SSSR count). The summed E-state index contributed by atoms with van der Waals surface area (Å²) < 4.78 is 4.78. The zero-order valence-corrected chi connectivity index (χ0v) is 11.9. The monoisotopic (exact) mass is 309 g/mol. The number of carbonyl (C=O) groups excluding carboxylic acids is 1. The van der Waals surface area contributed by atoms with E-state index in [0.717, 1.165) is 16.2 Å². The molecule has 104 valence electrons. The Hall–Kier alpha value is -2.12. The summed E-state index contributed by atoms with van der Waals surface area (Å²) in [6.07, 6.45) is 0.732. The number of anilines is 1. The van der Waals surface area contributed by atoms with Gasteiger partial charge in [0, 0.05) is 15.8 Å². The summed E-state index contributed by atoms with van der Waals surface area (Å²) in [6, 6.07) is 3.67. The van der Waals surface area contributed by atoms with Crippen LogP contribution >= 0.6 is 22.7 Å². The van der Waals surface area contributed by atoms with Crippen LogP contribution in [0.15, 0.2) is 35.5 Å². The third-order valence-corrected chi connectivity index (χ3v) is 4.14. The van der Waals surface area contributed by atoms with Gasteiger partial charge in [-0.2, -0.15) is 0 Å². The fraction of sp³-hybridized carbons (Fsp3) is 0.0769. The molecule has 0 unspecified atom stereocenters. The molecule has 0 radical (unpaired) electrons. The van der Waals surface area contributed by atoms with Gasteiger partial charge in [0.1, 0.15) is 17.2 Å². The van der Waals surface area contributed by atoms with E-state index in [1.54, 1.807) is 5.38 Å². The van der Waals surface area contributed by atoms with Gasteiger partial charge in [-0.15, -0.1) is 22.7 Å². The fourth-order valence-electron chi connectivity index (χ4n) is 1.54. The highest BCUT2D eigenvalue weighted by atomic mass is 32.1. The van der Waals surface area contributed by atoms with Crippen molar-refractivity contribution in [2.24, 2.45) is 0 Å². The van der Waals surface area contributed by atoms with Gasteiger partial charge in [-0.05, 0) is 11.4 Å². The van der Waals surface area contributed by atoms with Crippen molar-refractivity contribution in [3.05, 3.63) is 41.1 Å². The number of amides is 1. The number of carbonyl (C=O) groups is 2. The normalized spacial score (nSPS) is 10.0. The number of nitrogens with one attached hydrogen (secondary N) is 1. The summed E-state index contributed by atoms with van der Waals surface area (Å²) in [4.78, 5) is 23.7. The van der Waals surface area contributed by atoms with E-state index in [9.17, 15) is 14.7 Å². The molecule has 0 spiro atoms. The molecule has 2 aromatic rings. The van der Waals surface area contributed by atoms with Gasteiger partial charge in [-0.1, -0.05) is 18.7 Å². The highest BCUT2D eigenvalue weighted by molar-refractivity contribution is 7.17. The Morgan fingerprint density at radius 3 is 2.85 bits per heavy atom. The summed E-state index contributed by atoms with van der Waals surface area (Å²) in [5.41, 5.74) is 0.671. The molecule has 2 heterocycles. The smallest absolute Gasteiger partial charge is 0.412 e. The van der Waals surface area contributed by atoms with E-state index in [0.29, 0.717) is 5.56 Å². The van der Waals surface area contributed by atoms with Crippen LogP contribution in [0.4, 0.5) is 9.80 Å². The number of carboxylic acids is 1. The molecule has 1 amide bonds. The van der Waals surface area contributed by atoms with Gasteiger partial charge in [0.2, 0.25) is 0 Å². The zero-order valence-electron chi connectivity index (χ0n) is 10.3. The van der Waals surface area contributed by atoms with Crippen molar-refractivity contribution in [3.8, 4) is 10.4 Å². The molecule has 2 N–H and O–H groups in total. The first-order valence-electron chi connectivity index (χ1n) is 5.56. The summed E-state index contributed by atoms with van der Waals surface area (Å²) in [5, 5.41) is 15.6. The molecular formula is C13H11NO4S2. The van der Waals surface area contributed by atoms with Gasteiger partial charge in [-0.25, -0.2) is 9.59 Å². The number of aromatic carboxylic acids is 1. The van der Waals surface area contributed by atoms with Crippen LogP contribution in [0.5, 0.6) is 0 Å².